The Morgan fingerprint density at radius 1 is 1.33 bits per heavy atom. The van der Waals surface area contributed by atoms with Crippen molar-refractivity contribution in [2.24, 2.45) is 0 Å². The van der Waals surface area contributed by atoms with Gasteiger partial charge in [0.05, 0.1) is 18.8 Å². The van der Waals surface area contributed by atoms with Crippen LogP contribution in [-0.2, 0) is 11.3 Å². The monoisotopic (exact) mass is 288 g/mol. The molecule has 1 aliphatic rings. The van der Waals surface area contributed by atoms with Crippen LogP contribution in [0.3, 0.4) is 0 Å². The van der Waals surface area contributed by atoms with Crippen LogP contribution in [0.15, 0.2) is 42.6 Å². The molecule has 3 rings (SSSR count). The Morgan fingerprint density at radius 2 is 2.10 bits per heavy atom. The topological polar surface area (TPSA) is 90.5 Å². The quantitative estimate of drug-likeness (QED) is 0.632. The van der Waals surface area contributed by atoms with Crippen LogP contribution in [0.2, 0.25) is 0 Å². The summed E-state index contributed by atoms with van der Waals surface area (Å²) < 4.78 is 6.47. The van der Waals surface area contributed by atoms with Gasteiger partial charge in [-0.25, -0.2) is 4.79 Å². The molecule has 1 atom stereocenters. The number of anilines is 1. The number of nitrogens with zero attached hydrogens (tertiary/aromatic N) is 4. The molecule has 0 N–H and O–H groups in total. The van der Waals surface area contributed by atoms with E-state index in [4.69, 9.17) is 4.74 Å². The molecule has 1 amide bonds. The van der Waals surface area contributed by atoms with E-state index in [9.17, 15) is 14.9 Å². The van der Waals surface area contributed by atoms with E-state index in [2.05, 4.69) is 5.10 Å². The number of amides is 1. The van der Waals surface area contributed by atoms with E-state index in [1.807, 2.05) is 18.2 Å². The van der Waals surface area contributed by atoms with Gasteiger partial charge in [0, 0.05) is 5.69 Å². The van der Waals surface area contributed by atoms with E-state index < -0.39 is 17.1 Å². The van der Waals surface area contributed by atoms with Gasteiger partial charge in [-0.05, 0) is 17.1 Å². The minimum atomic E-state index is -0.515. The maximum atomic E-state index is 11.9. The van der Waals surface area contributed by atoms with Gasteiger partial charge in [0.2, 0.25) is 0 Å². The van der Waals surface area contributed by atoms with Gasteiger partial charge in [0.1, 0.15) is 0 Å². The first-order valence-electron chi connectivity index (χ1n) is 6.34. The van der Waals surface area contributed by atoms with Gasteiger partial charge < -0.3 is 14.9 Å². The second-order valence-corrected chi connectivity index (χ2v) is 4.58. The Labute approximate surface area is 119 Å². The van der Waals surface area contributed by atoms with Crippen LogP contribution in [0.1, 0.15) is 0 Å². The third-order valence-corrected chi connectivity index (χ3v) is 3.20. The highest BCUT2D eigenvalue weighted by atomic mass is 16.6. The summed E-state index contributed by atoms with van der Waals surface area (Å²) in [5, 5.41) is 14.7. The third-order valence-electron chi connectivity index (χ3n) is 3.20. The number of nitro groups is 1. The molecular formula is C13H12N4O4. The van der Waals surface area contributed by atoms with Gasteiger partial charge in [-0.3, -0.25) is 4.90 Å². The standard InChI is InChI=1S/C13H12N4O4/c18-13-15(10-4-2-1-3-5-10)8-11(21-13)9-16-12(17(19)20)6-7-14-16/h1-7,11H,8-9H2. The molecule has 0 saturated carbocycles. The first-order valence-corrected chi connectivity index (χ1v) is 6.34. The highest BCUT2D eigenvalue weighted by molar-refractivity contribution is 5.89. The average molecular weight is 288 g/mol. The van der Waals surface area contributed by atoms with E-state index in [0.717, 1.165) is 5.69 Å². The predicted octanol–water partition coefficient (Wildman–Crippen LogP) is 1.82. The van der Waals surface area contributed by atoms with Gasteiger partial charge in [-0.15, -0.1) is 4.68 Å². The zero-order valence-electron chi connectivity index (χ0n) is 11.0. The average Bonchev–Trinajstić information content (AvgIpc) is 3.07. The Hall–Kier alpha value is -2.90. The van der Waals surface area contributed by atoms with E-state index in [1.54, 1.807) is 12.1 Å². The molecule has 2 heterocycles. The number of rotatable bonds is 4. The molecule has 1 aromatic carbocycles. The summed E-state index contributed by atoms with van der Waals surface area (Å²) in [6.07, 6.45) is 0.418. The van der Waals surface area contributed by atoms with Gasteiger partial charge in [0.25, 0.3) is 0 Å². The van der Waals surface area contributed by atoms with Crippen LogP contribution in [0.5, 0.6) is 0 Å². The van der Waals surface area contributed by atoms with Crippen molar-refractivity contribution in [3.63, 3.8) is 0 Å². The summed E-state index contributed by atoms with van der Waals surface area (Å²) in [4.78, 5) is 23.7. The molecule has 0 bridgehead atoms. The van der Waals surface area contributed by atoms with Crippen molar-refractivity contribution in [2.75, 3.05) is 11.4 Å². The van der Waals surface area contributed by atoms with E-state index in [0.29, 0.717) is 6.54 Å². The molecule has 1 fully saturated rings. The largest absolute Gasteiger partial charge is 0.440 e. The summed E-state index contributed by atoms with van der Waals surface area (Å²) in [7, 11) is 0. The predicted molar refractivity (Wildman–Crippen MR) is 72.9 cm³/mol. The van der Waals surface area contributed by atoms with Crippen LogP contribution in [-0.4, -0.2) is 33.4 Å². The lowest BCUT2D eigenvalue weighted by atomic mass is 10.3. The lowest BCUT2D eigenvalue weighted by molar-refractivity contribution is -0.392. The Balaban J connectivity index is 1.73. The van der Waals surface area contributed by atoms with Crippen molar-refractivity contribution in [3.05, 3.63) is 52.7 Å². The van der Waals surface area contributed by atoms with E-state index in [1.165, 1.54) is 21.8 Å². The van der Waals surface area contributed by atoms with Gasteiger partial charge >= 0.3 is 11.9 Å². The first kappa shape index (κ1) is 13.1. The molecule has 1 aromatic heterocycles. The van der Waals surface area contributed by atoms with Crippen molar-refractivity contribution in [2.45, 2.75) is 12.6 Å². The summed E-state index contributed by atoms with van der Waals surface area (Å²) in [5.74, 6) is -0.121. The minimum Gasteiger partial charge on any atom is -0.440 e. The van der Waals surface area contributed by atoms with Crippen molar-refractivity contribution >= 4 is 17.6 Å². The second-order valence-electron chi connectivity index (χ2n) is 4.58. The molecule has 21 heavy (non-hydrogen) atoms. The van der Waals surface area contributed by atoms with Gasteiger partial charge in [-0.1, -0.05) is 23.3 Å². The van der Waals surface area contributed by atoms with Crippen LogP contribution in [0.25, 0.3) is 0 Å². The van der Waals surface area contributed by atoms with Gasteiger partial charge in [-0.2, -0.15) is 0 Å². The normalized spacial score (nSPS) is 17.8. The van der Waals surface area contributed by atoms with Crippen molar-refractivity contribution < 1.29 is 14.5 Å². The number of carbonyl (C=O) groups is 1. The molecule has 1 unspecified atom stereocenters. The smallest absolute Gasteiger partial charge is 0.414 e. The highest BCUT2D eigenvalue weighted by Crippen LogP contribution is 2.22. The first-order chi connectivity index (χ1) is 10.1. The number of ether oxygens (including phenoxy) is 1. The summed E-state index contributed by atoms with van der Waals surface area (Å²) in [5.41, 5.74) is 0.736. The molecule has 2 aromatic rings. The number of carbonyl (C=O) groups excluding carboxylic acids is 1. The summed E-state index contributed by atoms with van der Waals surface area (Å²) in [6, 6.07) is 10.4. The molecule has 108 valence electrons. The molecule has 1 aliphatic heterocycles. The maximum absolute atomic E-state index is 11.9. The zero-order valence-corrected chi connectivity index (χ0v) is 11.0. The van der Waals surface area contributed by atoms with Gasteiger partial charge in [0.15, 0.2) is 12.6 Å². The molecule has 8 nitrogen and oxygen atoms in total. The van der Waals surface area contributed by atoms with E-state index >= 15 is 0 Å². The lowest BCUT2D eigenvalue weighted by Gasteiger charge is -2.11. The number of hydrogen-bond acceptors (Lipinski definition) is 5. The fourth-order valence-corrected chi connectivity index (χ4v) is 2.25. The lowest BCUT2D eigenvalue weighted by Crippen LogP contribution is -2.26. The fraction of sp³-hybridized carbons (Fsp3) is 0.231. The summed E-state index contributed by atoms with van der Waals surface area (Å²) >= 11 is 0. The number of cyclic esters (lactones) is 1. The van der Waals surface area contributed by atoms with E-state index in [-0.39, 0.29) is 12.4 Å². The number of para-hydroxylation sites is 1. The molecule has 0 aliphatic carbocycles. The van der Waals surface area contributed by atoms with Crippen LogP contribution in [0, 0.1) is 10.1 Å². The Kier molecular flexibility index (Phi) is 3.27. The number of benzene rings is 1. The third kappa shape index (κ3) is 2.55. The van der Waals surface area contributed by atoms with Crippen molar-refractivity contribution in [3.8, 4) is 0 Å². The molecular weight excluding hydrogens is 276 g/mol. The highest BCUT2D eigenvalue weighted by Gasteiger charge is 2.34. The van der Waals surface area contributed by atoms with Crippen LogP contribution in [0.4, 0.5) is 16.3 Å². The Morgan fingerprint density at radius 3 is 2.81 bits per heavy atom. The summed E-state index contributed by atoms with van der Waals surface area (Å²) in [6.45, 7) is 0.484. The van der Waals surface area contributed by atoms with Crippen LogP contribution >= 0.6 is 0 Å². The second kappa shape index (κ2) is 5.23. The molecule has 8 heteroatoms. The van der Waals surface area contributed by atoms with Crippen LogP contribution < -0.4 is 4.90 Å². The minimum absolute atomic E-state index is 0.121. The van der Waals surface area contributed by atoms with Crippen molar-refractivity contribution in [1.82, 2.24) is 9.78 Å². The molecule has 0 radical (unpaired) electrons. The zero-order chi connectivity index (χ0) is 14.8. The molecule has 1 saturated heterocycles. The fourth-order valence-electron chi connectivity index (χ4n) is 2.25. The molecule has 0 spiro atoms. The number of hydrogen-bond donors (Lipinski definition) is 0. The Bertz CT molecular complexity index is 670. The maximum Gasteiger partial charge on any atom is 0.414 e. The SMILES string of the molecule is O=C1OC(Cn2nccc2[N+](=O)[O-])CN1c1ccccc1. The number of aromatic nitrogens is 2. The van der Waals surface area contributed by atoms with Crippen molar-refractivity contribution in [1.29, 1.82) is 0 Å².